The maximum atomic E-state index is 4.15. The topological polar surface area (TPSA) is 21.1 Å². The van der Waals surface area contributed by atoms with Crippen molar-refractivity contribution >= 4 is 15.9 Å². The molecule has 0 radical (unpaired) electrons. The van der Waals surface area contributed by atoms with E-state index in [0.717, 1.165) is 19.6 Å². The first-order valence-corrected chi connectivity index (χ1v) is 5.40. The van der Waals surface area contributed by atoms with Crippen molar-refractivity contribution in [1.29, 1.82) is 0 Å². The SMILES string of the molecule is CC(Br)CN(C)CCn1cccn1. The van der Waals surface area contributed by atoms with E-state index in [1.165, 1.54) is 0 Å². The fourth-order valence-corrected chi connectivity index (χ4v) is 1.72. The van der Waals surface area contributed by atoms with E-state index in [9.17, 15) is 0 Å². The molecule has 0 spiro atoms. The fourth-order valence-electron chi connectivity index (χ4n) is 1.23. The van der Waals surface area contributed by atoms with Gasteiger partial charge in [-0.1, -0.05) is 22.9 Å². The summed E-state index contributed by atoms with van der Waals surface area (Å²) in [6.07, 6.45) is 3.80. The minimum absolute atomic E-state index is 0.551. The summed E-state index contributed by atoms with van der Waals surface area (Å²) in [5.74, 6) is 0. The number of halogens is 1. The highest BCUT2D eigenvalue weighted by Gasteiger charge is 2.02. The third-order valence-corrected chi connectivity index (χ3v) is 2.12. The van der Waals surface area contributed by atoms with Crippen molar-refractivity contribution in [2.24, 2.45) is 0 Å². The van der Waals surface area contributed by atoms with Gasteiger partial charge in [-0.15, -0.1) is 0 Å². The van der Waals surface area contributed by atoms with Gasteiger partial charge in [-0.05, 0) is 13.1 Å². The van der Waals surface area contributed by atoms with Crippen molar-refractivity contribution in [2.45, 2.75) is 18.3 Å². The summed E-state index contributed by atoms with van der Waals surface area (Å²) in [6.45, 7) is 5.23. The van der Waals surface area contributed by atoms with Gasteiger partial charge in [-0.25, -0.2) is 0 Å². The predicted molar refractivity (Wildman–Crippen MR) is 58.1 cm³/mol. The number of hydrogen-bond acceptors (Lipinski definition) is 2. The predicted octanol–water partition coefficient (Wildman–Crippen LogP) is 1.60. The average molecular weight is 246 g/mol. The summed E-state index contributed by atoms with van der Waals surface area (Å²) in [7, 11) is 2.13. The molecule has 4 heteroatoms. The minimum atomic E-state index is 0.551. The molecule has 0 aliphatic rings. The van der Waals surface area contributed by atoms with Gasteiger partial charge in [0.15, 0.2) is 0 Å². The Labute approximate surface area is 87.9 Å². The highest BCUT2D eigenvalue weighted by atomic mass is 79.9. The van der Waals surface area contributed by atoms with E-state index < -0.39 is 0 Å². The zero-order valence-corrected chi connectivity index (χ0v) is 9.74. The van der Waals surface area contributed by atoms with Gasteiger partial charge in [0.2, 0.25) is 0 Å². The van der Waals surface area contributed by atoms with Crippen LogP contribution < -0.4 is 0 Å². The van der Waals surface area contributed by atoms with Crippen molar-refractivity contribution < 1.29 is 0 Å². The zero-order chi connectivity index (χ0) is 9.68. The lowest BCUT2D eigenvalue weighted by molar-refractivity contribution is 0.317. The van der Waals surface area contributed by atoms with E-state index in [1.807, 2.05) is 23.1 Å². The van der Waals surface area contributed by atoms with Crippen LogP contribution in [0.15, 0.2) is 18.5 Å². The molecule has 0 saturated carbocycles. The van der Waals surface area contributed by atoms with Crippen LogP contribution in [-0.4, -0.2) is 39.6 Å². The van der Waals surface area contributed by atoms with Gasteiger partial charge in [-0.3, -0.25) is 4.68 Å². The molecule has 0 fully saturated rings. The number of nitrogens with zero attached hydrogens (tertiary/aromatic N) is 3. The Kier molecular flexibility index (Phi) is 4.45. The second-order valence-corrected chi connectivity index (χ2v) is 4.88. The van der Waals surface area contributed by atoms with Crippen LogP contribution in [0.1, 0.15) is 6.92 Å². The normalized spacial score (nSPS) is 13.5. The van der Waals surface area contributed by atoms with Crippen molar-refractivity contribution in [3.8, 4) is 0 Å². The molecule has 0 N–H and O–H groups in total. The summed E-state index contributed by atoms with van der Waals surface area (Å²) < 4.78 is 1.95. The monoisotopic (exact) mass is 245 g/mol. The standard InChI is InChI=1S/C9H16BrN3/c1-9(10)8-12(2)6-7-13-5-3-4-11-13/h3-5,9H,6-8H2,1-2H3. The summed E-state index contributed by atoms with van der Waals surface area (Å²) in [4.78, 5) is 2.84. The van der Waals surface area contributed by atoms with Crippen molar-refractivity contribution in [3.05, 3.63) is 18.5 Å². The molecule has 1 heterocycles. The zero-order valence-electron chi connectivity index (χ0n) is 8.15. The number of aromatic nitrogens is 2. The van der Waals surface area contributed by atoms with Crippen LogP contribution in [0, 0.1) is 0 Å². The highest BCUT2D eigenvalue weighted by molar-refractivity contribution is 9.09. The maximum Gasteiger partial charge on any atom is 0.0536 e. The Morgan fingerprint density at radius 3 is 2.92 bits per heavy atom. The number of hydrogen-bond donors (Lipinski definition) is 0. The molecular formula is C9H16BrN3. The average Bonchev–Trinajstić information content (AvgIpc) is 2.51. The third kappa shape index (κ3) is 4.43. The number of alkyl halides is 1. The number of rotatable bonds is 5. The second-order valence-electron chi connectivity index (χ2n) is 3.31. The van der Waals surface area contributed by atoms with Gasteiger partial charge in [-0.2, -0.15) is 5.10 Å². The first-order chi connectivity index (χ1) is 6.18. The molecule has 0 bridgehead atoms. The van der Waals surface area contributed by atoms with Crippen LogP contribution in [-0.2, 0) is 6.54 Å². The second kappa shape index (κ2) is 5.40. The lowest BCUT2D eigenvalue weighted by Crippen LogP contribution is -2.28. The lowest BCUT2D eigenvalue weighted by Gasteiger charge is -2.17. The van der Waals surface area contributed by atoms with E-state index in [0.29, 0.717) is 4.83 Å². The molecule has 74 valence electrons. The van der Waals surface area contributed by atoms with Gasteiger partial charge < -0.3 is 4.90 Å². The largest absolute Gasteiger partial charge is 0.303 e. The van der Waals surface area contributed by atoms with Crippen LogP contribution in [0.4, 0.5) is 0 Å². The summed E-state index contributed by atoms with van der Waals surface area (Å²) in [5.41, 5.74) is 0. The molecular weight excluding hydrogens is 230 g/mol. The Morgan fingerprint density at radius 2 is 2.38 bits per heavy atom. The fraction of sp³-hybridized carbons (Fsp3) is 0.667. The first-order valence-electron chi connectivity index (χ1n) is 4.48. The van der Waals surface area contributed by atoms with Crippen molar-refractivity contribution in [3.63, 3.8) is 0 Å². The highest BCUT2D eigenvalue weighted by Crippen LogP contribution is 1.99. The van der Waals surface area contributed by atoms with Gasteiger partial charge in [0.25, 0.3) is 0 Å². The van der Waals surface area contributed by atoms with Crippen LogP contribution in [0.2, 0.25) is 0 Å². The number of likely N-dealkylation sites (N-methyl/N-ethyl adjacent to an activating group) is 1. The molecule has 1 unspecified atom stereocenters. The van der Waals surface area contributed by atoms with E-state index in [4.69, 9.17) is 0 Å². The molecule has 1 aromatic rings. The minimum Gasteiger partial charge on any atom is -0.303 e. The molecule has 3 nitrogen and oxygen atoms in total. The van der Waals surface area contributed by atoms with E-state index >= 15 is 0 Å². The summed E-state index contributed by atoms with van der Waals surface area (Å²) >= 11 is 3.53. The van der Waals surface area contributed by atoms with E-state index in [1.54, 1.807) is 0 Å². The molecule has 0 amide bonds. The molecule has 1 aromatic heterocycles. The first kappa shape index (κ1) is 10.7. The quantitative estimate of drug-likeness (QED) is 0.736. The van der Waals surface area contributed by atoms with Gasteiger partial charge >= 0.3 is 0 Å². The van der Waals surface area contributed by atoms with Gasteiger partial charge in [0, 0.05) is 30.3 Å². The van der Waals surface area contributed by atoms with Crippen molar-refractivity contribution in [1.82, 2.24) is 14.7 Å². The molecule has 0 aliphatic carbocycles. The van der Waals surface area contributed by atoms with Crippen LogP contribution in [0.3, 0.4) is 0 Å². The van der Waals surface area contributed by atoms with E-state index in [2.05, 4.69) is 39.9 Å². The van der Waals surface area contributed by atoms with Gasteiger partial charge in [0.1, 0.15) is 0 Å². The molecule has 1 atom stereocenters. The van der Waals surface area contributed by atoms with Crippen LogP contribution in [0.5, 0.6) is 0 Å². The van der Waals surface area contributed by atoms with Gasteiger partial charge in [0.05, 0.1) is 6.54 Å². The maximum absolute atomic E-state index is 4.15. The molecule has 0 aromatic carbocycles. The molecule has 0 aliphatic heterocycles. The Balaban J connectivity index is 2.19. The molecule has 13 heavy (non-hydrogen) atoms. The smallest absolute Gasteiger partial charge is 0.0536 e. The van der Waals surface area contributed by atoms with Crippen LogP contribution in [0.25, 0.3) is 0 Å². The van der Waals surface area contributed by atoms with Crippen molar-refractivity contribution in [2.75, 3.05) is 20.1 Å². The lowest BCUT2D eigenvalue weighted by atomic mass is 10.4. The molecule has 0 saturated heterocycles. The van der Waals surface area contributed by atoms with E-state index in [-0.39, 0.29) is 0 Å². The Morgan fingerprint density at radius 1 is 1.62 bits per heavy atom. The molecule has 1 rings (SSSR count). The summed E-state index contributed by atoms with van der Waals surface area (Å²) in [5, 5.41) is 4.15. The third-order valence-electron chi connectivity index (χ3n) is 1.83. The Bertz CT molecular complexity index is 221. The van der Waals surface area contributed by atoms with Crippen LogP contribution >= 0.6 is 15.9 Å². The summed E-state index contributed by atoms with van der Waals surface area (Å²) in [6, 6.07) is 1.95. The Hall–Kier alpha value is -0.350.